The van der Waals surface area contributed by atoms with Crippen molar-refractivity contribution in [3.8, 4) is 0 Å². The van der Waals surface area contributed by atoms with Gasteiger partial charge in [-0.25, -0.2) is 0 Å². The average Bonchev–Trinajstić information content (AvgIpc) is 2.19. The molecule has 1 aliphatic rings. The van der Waals surface area contributed by atoms with Gasteiger partial charge in [-0.15, -0.1) is 0 Å². The molecular weight excluding hydrogens is 216 g/mol. The van der Waals surface area contributed by atoms with Crippen molar-refractivity contribution >= 4 is 5.91 Å². The van der Waals surface area contributed by atoms with E-state index < -0.39 is 0 Å². The number of carbonyl (C=O) groups is 1. The summed E-state index contributed by atoms with van der Waals surface area (Å²) in [6, 6.07) is 0. The van der Waals surface area contributed by atoms with Crippen LogP contribution in [0.3, 0.4) is 0 Å². The molecule has 4 nitrogen and oxygen atoms in total. The Morgan fingerprint density at radius 3 is 2.65 bits per heavy atom. The fourth-order valence-electron chi connectivity index (χ4n) is 1.74. The smallest absolute Gasteiger partial charge is 0.223 e. The highest BCUT2D eigenvalue weighted by atomic mass is 16.5. The fourth-order valence-corrected chi connectivity index (χ4v) is 1.74. The van der Waals surface area contributed by atoms with Gasteiger partial charge in [-0.3, -0.25) is 4.79 Å². The van der Waals surface area contributed by atoms with E-state index in [1.165, 1.54) is 0 Å². The molecule has 0 aromatic heterocycles. The van der Waals surface area contributed by atoms with Gasteiger partial charge >= 0.3 is 0 Å². The summed E-state index contributed by atoms with van der Waals surface area (Å²) >= 11 is 0. The van der Waals surface area contributed by atoms with Gasteiger partial charge in [0.1, 0.15) is 0 Å². The lowest BCUT2D eigenvalue weighted by Gasteiger charge is -2.31. The Morgan fingerprint density at radius 1 is 1.41 bits per heavy atom. The molecule has 1 unspecified atom stereocenters. The summed E-state index contributed by atoms with van der Waals surface area (Å²) in [6.07, 6.45) is 0.897. The summed E-state index contributed by atoms with van der Waals surface area (Å²) in [5.41, 5.74) is 0. The van der Waals surface area contributed by atoms with Crippen LogP contribution in [0.25, 0.3) is 0 Å². The number of amides is 1. The monoisotopic (exact) mass is 242 g/mol. The van der Waals surface area contributed by atoms with Crippen molar-refractivity contribution in [2.45, 2.75) is 27.2 Å². The van der Waals surface area contributed by atoms with E-state index in [1.54, 1.807) is 0 Å². The summed E-state index contributed by atoms with van der Waals surface area (Å²) in [5.74, 6) is 1.41. The van der Waals surface area contributed by atoms with Gasteiger partial charge in [0.05, 0.1) is 0 Å². The van der Waals surface area contributed by atoms with Crippen LogP contribution in [0.4, 0.5) is 0 Å². The maximum absolute atomic E-state index is 11.7. The number of hydrogen-bond donors (Lipinski definition) is 2. The van der Waals surface area contributed by atoms with Crippen LogP contribution in [-0.2, 0) is 9.53 Å². The lowest BCUT2D eigenvalue weighted by atomic mass is 9.88. The maximum Gasteiger partial charge on any atom is 0.223 e. The average molecular weight is 242 g/mol. The Morgan fingerprint density at radius 2 is 2.12 bits per heavy atom. The van der Waals surface area contributed by atoms with Gasteiger partial charge < -0.3 is 15.4 Å². The van der Waals surface area contributed by atoms with Crippen molar-refractivity contribution in [2.75, 3.05) is 32.8 Å². The van der Waals surface area contributed by atoms with Crippen LogP contribution in [0, 0.1) is 17.8 Å². The molecule has 1 rings (SSSR count). The van der Waals surface area contributed by atoms with E-state index in [2.05, 4.69) is 24.5 Å². The summed E-state index contributed by atoms with van der Waals surface area (Å²) in [5, 5.41) is 6.16. The van der Waals surface area contributed by atoms with Gasteiger partial charge in [0, 0.05) is 25.7 Å². The van der Waals surface area contributed by atoms with Gasteiger partial charge in [-0.2, -0.15) is 0 Å². The van der Waals surface area contributed by atoms with Crippen molar-refractivity contribution in [2.24, 2.45) is 17.8 Å². The quantitative estimate of drug-likeness (QED) is 0.625. The minimum absolute atomic E-state index is 0.132. The predicted molar refractivity (Wildman–Crippen MR) is 68.8 cm³/mol. The second-order valence-corrected chi connectivity index (χ2v) is 5.32. The number of rotatable bonds is 8. The highest BCUT2D eigenvalue weighted by molar-refractivity contribution is 5.78. The van der Waals surface area contributed by atoms with Crippen LogP contribution in [0.1, 0.15) is 27.2 Å². The highest BCUT2D eigenvalue weighted by Gasteiger charge is 2.28. The van der Waals surface area contributed by atoms with Gasteiger partial charge in [0.25, 0.3) is 0 Å². The number of nitrogens with one attached hydrogen (secondary N) is 2. The lowest BCUT2D eigenvalue weighted by Crippen LogP contribution is -2.49. The van der Waals surface area contributed by atoms with Crippen LogP contribution in [0.15, 0.2) is 0 Å². The van der Waals surface area contributed by atoms with E-state index in [0.717, 1.165) is 39.3 Å². The summed E-state index contributed by atoms with van der Waals surface area (Å²) in [4.78, 5) is 11.7. The topological polar surface area (TPSA) is 50.4 Å². The van der Waals surface area contributed by atoms with E-state index in [9.17, 15) is 4.79 Å². The molecule has 100 valence electrons. The molecule has 17 heavy (non-hydrogen) atoms. The minimum Gasteiger partial charge on any atom is -0.381 e. The van der Waals surface area contributed by atoms with Crippen LogP contribution in [0.2, 0.25) is 0 Å². The van der Waals surface area contributed by atoms with Gasteiger partial charge in [0.2, 0.25) is 5.91 Å². The van der Waals surface area contributed by atoms with E-state index in [-0.39, 0.29) is 11.8 Å². The first kappa shape index (κ1) is 14.5. The molecule has 2 N–H and O–H groups in total. The van der Waals surface area contributed by atoms with Crippen molar-refractivity contribution < 1.29 is 9.53 Å². The summed E-state index contributed by atoms with van der Waals surface area (Å²) in [7, 11) is 0. The normalized spacial score (nSPS) is 17.9. The maximum atomic E-state index is 11.7. The van der Waals surface area contributed by atoms with Crippen LogP contribution in [-0.4, -0.2) is 38.8 Å². The molecule has 0 radical (unpaired) electrons. The number of hydrogen-bond acceptors (Lipinski definition) is 3. The zero-order valence-electron chi connectivity index (χ0n) is 11.3. The van der Waals surface area contributed by atoms with Gasteiger partial charge in [0.15, 0.2) is 0 Å². The summed E-state index contributed by atoms with van der Waals surface area (Å²) in [6.45, 7) is 10.5. The predicted octanol–water partition coefficient (Wildman–Crippen LogP) is 1.02. The largest absolute Gasteiger partial charge is 0.381 e. The standard InChI is InChI=1S/C13H26N2O2/c1-10(2)9-17-6-4-5-15-13(16)11(3)12-7-14-8-12/h10-12,14H,4-9H2,1-3H3,(H,15,16). The first-order chi connectivity index (χ1) is 8.11. The molecular formula is C13H26N2O2. The van der Waals surface area contributed by atoms with Crippen molar-refractivity contribution in [1.82, 2.24) is 10.6 Å². The minimum atomic E-state index is 0.132. The Kier molecular flexibility index (Phi) is 6.52. The van der Waals surface area contributed by atoms with Crippen LogP contribution < -0.4 is 10.6 Å². The zero-order valence-corrected chi connectivity index (χ0v) is 11.3. The molecule has 0 aromatic rings. The van der Waals surface area contributed by atoms with E-state index >= 15 is 0 Å². The Balaban J connectivity index is 1.96. The summed E-state index contributed by atoms with van der Waals surface area (Å²) < 4.78 is 5.46. The molecule has 1 aliphatic heterocycles. The van der Waals surface area contributed by atoms with Crippen LogP contribution >= 0.6 is 0 Å². The lowest BCUT2D eigenvalue weighted by molar-refractivity contribution is -0.126. The zero-order chi connectivity index (χ0) is 12.7. The molecule has 0 bridgehead atoms. The molecule has 0 spiro atoms. The molecule has 4 heteroatoms. The molecule has 0 saturated carbocycles. The molecule has 1 amide bonds. The third-order valence-electron chi connectivity index (χ3n) is 3.15. The first-order valence-corrected chi connectivity index (χ1v) is 6.67. The van der Waals surface area contributed by atoms with Crippen LogP contribution in [0.5, 0.6) is 0 Å². The number of ether oxygens (including phenoxy) is 1. The van der Waals surface area contributed by atoms with E-state index in [0.29, 0.717) is 11.8 Å². The molecule has 1 heterocycles. The van der Waals surface area contributed by atoms with E-state index in [4.69, 9.17) is 4.74 Å². The van der Waals surface area contributed by atoms with E-state index in [1.807, 2.05) is 6.92 Å². The molecule has 1 saturated heterocycles. The second-order valence-electron chi connectivity index (χ2n) is 5.32. The van der Waals surface area contributed by atoms with Crippen molar-refractivity contribution in [1.29, 1.82) is 0 Å². The van der Waals surface area contributed by atoms with Gasteiger partial charge in [-0.1, -0.05) is 20.8 Å². The Hall–Kier alpha value is -0.610. The first-order valence-electron chi connectivity index (χ1n) is 6.67. The van der Waals surface area contributed by atoms with Crippen molar-refractivity contribution in [3.05, 3.63) is 0 Å². The second kappa shape index (κ2) is 7.67. The Bertz CT molecular complexity index is 227. The third-order valence-corrected chi connectivity index (χ3v) is 3.15. The number of carbonyl (C=O) groups excluding carboxylic acids is 1. The Labute approximate surface area is 104 Å². The molecule has 1 fully saturated rings. The van der Waals surface area contributed by atoms with Gasteiger partial charge in [-0.05, 0) is 31.3 Å². The molecule has 1 atom stereocenters. The third kappa shape index (κ3) is 5.50. The fraction of sp³-hybridized carbons (Fsp3) is 0.923. The molecule has 0 aliphatic carbocycles. The highest BCUT2D eigenvalue weighted by Crippen LogP contribution is 2.15. The molecule has 0 aromatic carbocycles. The van der Waals surface area contributed by atoms with Crippen molar-refractivity contribution in [3.63, 3.8) is 0 Å². The SMILES string of the molecule is CC(C)COCCCNC(=O)C(C)C1CNC1.